The smallest absolute Gasteiger partial charge is 0.251 e. The Morgan fingerprint density at radius 3 is 2.69 bits per heavy atom. The second kappa shape index (κ2) is 5.51. The quantitative estimate of drug-likeness (QED) is 0.666. The molecule has 1 aromatic rings. The summed E-state index contributed by atoms with van der Waals surface area (Å²) in [5, 5.41) is 11.9. The van der Waals surface area contributed by atoms with Gasteiger partial charge in [0, 0.05) is 11.3 Å². The molecule has 4 heteroatoms. The molecular formula is C12H18N2O2. The Labute approximate surface area is 95.5 Å². The average molecular weight is 222 g/mol. The third-order valence-corrected chi connectivity index (χ3v) is 2.47. The van der Waals surface area contributed by atoms with Crippen LogP contribution in [0.1, 0.15) is 24.2 Å². The first-order valence-electron chi connectivity index (χ1n) is 5.32. The van der Waals surface area contributed by atoms with Gasteiger partial charge in [-0.05, 0) is 24.1 Å². The third kappa shape index (κ3) is 3.24. The van der Waals surface area contributed by atoms with Crippen molar-refractivity contribution in [1.82, 2.24) is 5.32 Å². The first-order valence-corrected chi connectivity index (χ1v) is 5.32. The second-order valence-corrected chi connectivity index (χ2v) is 4.13. The van der Waals surface area contributed by atoms with Crippen LogP contribution in [0, 0.1) is 5.92 Å². The lowest BCUT2D eigenvalue weighted by Gasteiger charge is -2.19. The summed E-state index contributed by atoms with van der Waals surface area (Å²) in [6.07, 6.45) is 0. The highest BCUT2D eigenvalue weighted by molar-refractivity contribution is 5.95. The van der Waals surface area contributed by atoms with E-state index in [1.807, 2.05) is 13.8 Å². The minimum atomic E-state index is -0.228. The first-order chi connectivity index (χ1) is 7.54. The Morgan fingerprint density at radius 1 is 1.50 bits per heavy atom. The van der Waals surface area contributed by atoms with E-state index in [1.54, 1.807) is 24.3 Å². The Hall–Kier alpha value is -1.55. The molecule has 1 unspecified atom stereocenters. The van der Waals surface area contributed by atoms with Crippen LogP contribution in [0.4, 0.5) is 5.69 Å². The molecule has 4 nitrogen and oxygen atoms in total. The van der Waals surface area contributed by atoms with Gasteiger partial charge in [0.2, 0.25) is 0 Å². The molecule has 0 fully saturated rings. The largest absolute Gasteiger partial charge is 0.399 e. The van der Waals surface area contributed by atoms with Crippen LogP contribution >= 0.6 is 0 Å². The molecule has 0 aliphatic rings. The summed E-state index contributed by atoms with van der Waals surface area (Å²) in [6, 6.07) is 6.54. The Kier molecular flexibility index (Phi) is 4.31. The van der Waals surface area contributed by atoms with Gasteiger partial charge in [-0.25, -0.2) is 0 Å². The standard InChI is InChI=1S/C12H18N2O2/c1-8(2)11(7-15)14-12(16)9-4-3-5-10(13)6-9/h3-6,8,11,15H,7,13H2,1-2H3,(H,14,16). The highest BCUT2D eigenvalue weighted by atomic mass is 16.3. The number of hydrogen-bond donors (Lipinski definition) is 3. The van der Waals surface area contributed by atoms with Crippen LogP contribution in [0.3, 0.4) is 0 Å². The molecular weight excluding hydrogens is 204 g/mol. The normalized spacial score (nSPS) is 12.5. The van der Waals surface area contributed by atoms with Gasteiger partial charge in [-0.15, -0.1) is 0 Å². The van der Waals surface area contributed by atoms with Crippen molar-refractivity contribution in [2.45, 2.75) is 19.9 Å². The number of hydrogen-bond acceptors (Lipinski definition) is 3. The number of benzene rings is 1. The monoisotopic (exact) mass is 222 g/mol. The van der Waals surface area contributed by atoms with Crippen LogP contribution < -0.4 is 11.1 Å². The summed E-state index contributed by atoms with van der Waals surface area (Å²) in [5.41, 5.74) is 6.66. The number of carbonyl (C=O) groups excluding carboxylic acids is 1. The minimum absolute atomic E-state index is 0.0638. The van der Waals surface area contributed by atoms with Crippen LogP contribution in [0.15, 0.2) is 24.3 Å². The number of nitrogens with two attached hydrogens (primary N) is 1. The third-order valence-electron chi connectivity index (χ3n) is 2.47. The fourth-order valence-electron chi connectivity index (χ4n) is 1.35. The molecule has 1 rings (SSSR count). The molecule has 0 aliphatic heterocycles. The highest BCUT2D eigenvalue weighted by Crippen LogP contribution is 2.08. The van der Waals surface area contributed by atoms with Crippen molar-refractivity contribution >= 4 is 11.6 Å². The van der Waals surface area contributed by atoms with E-state index in [2.05, 4.69) is 5.32 Å². The van der Waals surface area contributed by atoms with Crippen molar-refractivity contribution < 1.29 is 9.90 Å². The van der Waals surface area contributed by atoms with E-state index in [1.165, 1.54) is 0 Å². The summed E-state index contributed by atoms with van der Waals surface area (Å²) < 4.78 is 0. The molecule has 1 amide bonds. The average Bonchev–Trinajstić information content (AvgIpc) is 2.25. The molecule has 0 bridgehead atoms. The van der Waals surface area contributed by atoms with Gasteiger partial charge in [-0.2, -0.15) is 0 Å². The Balaban J connectivity index is 2.72. The Bertz CT molecular complexity index is 364. The number of amides is 1. The van der Waals surface area contributed by atoms with Crippen molar-refractivity contribution in [3.05, 3.63) is 29.8 Å². The van der Waals surface area contributed by atoms with Crippen molar-refractivity contribution in [1.29, 1.82) is 0 Å². The maximum atomic E-state index is 11.8. The number of aliphatic hydroxyl groups excluding tert-OH is 1. The summed E-state index contributed by atoms with van der Waals surface area (Å²) in [6.45, 7) is 3.83. The van der Waals surface area contributed by atoms with Crippen molar-refractivity contribution in [3.8, 4) is 0 Å². The molecule has 0 radical (unpaired) electrons. The van der Waals surface area contributed by atoms with Gasteiger partial charge >= 0.3 is 0 Å². The van der Waals surface area contributed by atoms with E-state index in [0.29, 0.717) is 11.3 Å². The van der Waals surface area contributed by atoms with Gasteiger partial charge < -0.3 is 16.2 Å². The highest BCUT2D eigenvalue weighted by Gasteiger charge is 2.15. The summed E-state index contributed by atoms with van der Waals surface area (Å²) in [4.78, 5) is 11.8. The van der Waals surface area contributed by atoms with E-state index >= 15 is 0 Å². The number of rotatable bonds is 4. The molecule has 16 heavy (non-hydrogen) atoms. The zero-order chi connectivity index (χ0) is 12.1. The van der Waals surface area contributed by atoms with Gasteiger partial charge in [-0.3, -0.25) is 4.79 Å². The predicted molar refractivity (Wildman–Crippen MR) is 64.0 cm³/mol. The molecule has 1 aromatic carbocycles. The number of carbonyl (C=O) groups is 1. The van der Waals surface area contributed by atoms with Crippen LogP contribution in [0.2, 0.25) is 0 Å². The SMILES string of the molecule is CC(C)C(CO)NC(=O)c1cccc(N)c1. The lowest BCUT2D eigenvalue weighted by molar-refractivity contribution is 0.0897. The van der Waals surface area contributed by atoms with Crippen LogP contribution in [-0.2, 0) is 0 Å². The topological polar surface area (TPSA) is 75.3 Å². The number of aliphatic hydroxyl groups is 1. The van der Waals surface area contributed by atoms with Crippen molar-refractivity contribution in [2.75, 3.05) is 12.3 Å². The second-order valence-electron chi connectivity index (χ2n) is 4.13. The number of anilines is 1. The number of nitrogens with one attached hydrogen (secondary N) is 1. The Morgan fingerprint density at radius 2 is 2.19 bits per heavy atom. The van der Waals surface area contributed by atoms with E-state index in [-0.39, 0.29) is 24.5 Å². The summed E-state index contributed by atoms with van der Waals surface area (Å²) >= 11 is 0. The maximum Gasteiger partial charge on any atom is 0.251 e. The van der Waals surface area contributed by atoms with Gasteiger partial charge in [0.15, 0.2) is 0 Å². The molecule has 0 saturated carbocycles. The molecule has 1 atom stereocenters. The molecule has 88 valence electrons. The molecule has 0 saturated heterocycles. The molecule has 4 N–H and O–H groups in total. The molecule has 0 aliphatic carbocycles. The predicted octanol–water partition coefficient (Wildman–Crippen LogP) is 1.02. The van der Waals surface area contributed by atoms with Gasteiger partial charge in [0.05, 0.1) is 12.6 Å². The van der Waals surface area contributed by atoms with Gasteiger partial charge in [-0.1, -0.05) is 19.9 Å². The van der Waals surface area contributed by atoms with Gasteiger partial charge in [0.1, 0.15) is 0 Å². The maximum absolute atomic E-state index is 11.8. The van der Waals surface area contributed by atoms with Gasteiger partial charge in [0.25, 0.3) is 5.91 Å². The van der Waals surface area contributed by atoms with E-state index in [4.69, 9.17) is 10.8 Å². The summed E-state index contributed by atoms with van der Waals surface area (Å²) in [5.74, 6) is -0.0185. The molecule has 0 heterocycles. The fraction of sp³-hybridized carbons (Fsp3) is 0.417. The lowest BCUT2D eigenvalue weighted by atomic mass is 10.0. The molecule has 0 spiro atoms. The minimum Gasteiger partial charge on any atom is -0.399 e. The van der Waals surface area contributed by atoms with Crippen LogP contribution in [0.5, 0.6) is 0 Å². The number of nitrogen functional groups attached to an aromatic ring is 1. The van der Waals surface area contributed by atoms with E-state index < -0.39 is 0 Å². The molecule has 0 aromatic heterocycles. The van der Waals surface area contributed by atoms with E-state index in [0.717, 1.165) is 0 Å². The van der Waals surface area contributed by atoms with Crippen LogP contribution in [0.25, 0.3) is 0 Å². The van der Waals surface area contributed by atoms with E-state index in [9.17, 15) is 4.79 Å². The zero-order valence-corrected chi connectivity index (χ0v) is 9.60. The van der Waals surface area contributed by atoms with Crippen molar-refractivity contribution in [3.63, 3.8) is 0 Å². The van der Waals surface area contributed by atoms with Crippen molar-refractivity contribution in [2.24, 2.45) is 5.92 Å². The van der Waals surface area contributed by atoms with Crippen LogP contribution in [-0.4, -0.2) is 23.7 Å². The fourth-order valence-corrected chi connectivity index (χ4v) is 1.35. The summed E-state index contributed by atoms with van der Waals surface area (Å²) in [7, 11) is 0. The first kappa shape index (κ1) is 12.5. The lowest BCUT2D eigenvalue weighted by Crippen LogP contribution is -2.41. The zero-order valence-electron chi connectivity index (χ0n) is 9.60.